The first-order valence-corrected chi connectivity index (χ1v) is 8.63. The molecule has 23 heavy (non-hydrogen) atoms. The molecule has 1 aliphatic heterocycles. The summed E-state index contributed by atoms with van der Waals surface area (Å²) in [4.78, 5) is 9.18. The Bertz CT molecular complexity index is 538. The van der Waals surface area contributed by atoms with Gasteiger partial charge in [-0.1, -0.05) is 23.7 Å². The van der Waals surface area contributed by atoms with Crippen molar-refractivity contribution in [1.29, 1.82) is 0 Å². The minimum Gasteiger partial charge on any atom is -0.379 e. The normalized spacial score (nSPS) is 21.2. The molecule has 1 saturated carbocycles. The molecule has 126 valence electrons. The molecule has 0 amide bonds. The lowest BCUT2D eigenvalue weighted by molar-refractivity contribution is 0.0179. The zero-order chi connectivity index (χ0) is 16.2. The summed E-state index contributed by atoms with van der Waals surface area (Å²) in [5, 5.41) is 0.756. The number of hydrogen-bond acceptors (Lipinski definition) is 3. The largest absolute Gasteiger partial charge is 0.379 e. The smallest absolute Gasteiger partial charge is 0.191 e. The molecule has 1 aromatic carbocycles. The summed E-state index contributed by atoms with van der Waals surface area (Å²) >= 11 is 6.03. The number of halogens is 1. The molecule has 0 aromatic heterocycles. The molecule has 1 saturated heterocycles. The fourth-order valence-electron chi connectivity index (χ4n) is 2.95. The summed E-state index contributed by atoms with van der Waals surface area (Å²) in [6.45, 7) is 4.03. The zero-order valence-electron chi connectivity index (χ0n) is 13.6. The average molecular weight is 337 g/mol. The summed E-state index contributed by atoms with van der Waals surface area (Å²) in [5.41, 5.74) is 7.37. The van der Waals surface area contributed by atoms with Crippen LogP contribution in [0.1, 0.15) is 24.4 Å². The van der Waals surface area contributed by atoms with E-state index in [1.54, 1.807) is 0 Å². The highest BCUT2D eigenvalue weighted by Gasteiger charge is 2.28. The first-order valence-electron chi connectivity index (χ1n) is 8.25. The third-order valence-corrected chi connectivity index (χ3v) is 4.88. The van der Waals surface area contributed by atoms with Gasteiger partial charge in [0.05, 0.1) is 25.8 Å². The molecular weight excluding hydrogens is 312 g/mol. The van der Waals surface area contributed by atoms with Crippen molar-refractivity contribution >= 4 is 17.6 Å². The lowest BCUT2D eigenvalue weighted by Gasteiger charge is -2.34. The van der Waals surface area contributed by atoms with Gasteiger partial charge in [-0.25, -0.2) is 0 Å². The number of rotatable bonds is 5. The SMILES string of the molecule is CN(C(N)=NC[C@H](c1ccc(Cl)cc1)N1CCOCC1)C1CC1. The number of benzene rings is 1. The van der Waals surface area contributed by atoms with Crippen LogP contribution < -0.4 is 5.73 Å². The number of guanidine groups is 1. The Morgan fingerprint density at radius 3 is 2.61 bits per heavy atom. The molecule has 3 rings (SSSR count). The van der Waals surface area contributed by atoms with E-state index in [9.17, 15) is 0 Å². The highest BCUT2D eigenvalue weighted by Crippen LogP contribution is 2.26. The van der Waals surface area contributed by atoms with Gasteiger partial charge in [0.1, 0.15) is 0 Å². The van der Waals surface area contributed by atoms with Crippen LogP contribution in [0.5, 0.6) is 0 Å². The van der Waals surface area contributed by atoms with E-state index in [0.29, 0.717) is 18.5 Å². The van der Waals surface area contributed by atoms with Gasteiger partial charge in [-0.05, 0) is 30.5 Å². The van der Waals surface area contributed by atoms with Crippen LogP contribution in [0.2, 0.25) is 5.02 Å². The first-order chi connectivity index (χ1) is 11.1. The van der Waals surface area contributed by atoms with E-state index >= 15 is 0 Å². The second kappa shape index (κ2) is 7.51. The van der Waals surface area contributed by atoms with E-state index in [0.717, 1.165) is 31.3 Å². The van der Waals surface area contributed by atoms with Crippen molar-refractivity contribution in [1.82, 2.24) is 9.80 Å². The Morgan fingerprint density at radius 1 is 1.35 bits per heavy atom. The Balaban J connectivity index is 1.73. The average Bonchev–Trinajstić information content (AvgIpc) is 3.41. The molecule has 0 unspecified atom stereocenters. The molecule has 2 aliphatic rings. The van der Waals surface area contributed by atoms with Gasteiger partial charge in [0, 0.05) is 31.2 Å². The summed E-state index contributed by atoms with van der Waals surface area (Å²) in [5.74, 6) is 0.639. The van der Waals surface area contributed by atoms with Crippen molar-refractivity contribution in [3.63, 3.8) is 0 Å². The van der Waals surface area contributed by atoms with Crippen molar-refractivity contribution < 1.29 is 4.74 Å². The monoisotopic (exact) mass is 336 g/mol. The Kier molecular flexibility index (Phi) is 5.41. The molecule has 6 heteroatoms. The maximum Gasteiger partial charge on any atom is 0.191 e. The first kappa shape index (κ1) is 16.6. The molecule has 1 aromatic rings. The van der Waals surface area contributed by atoms with Gasteiger partial charge in [-0.2, -0.15) is 0 Å². The Labute approximate surface area is 143 Å². The highest BCUT2D eigenvalue weighted by molar-refractivity contribution is 6.30. The van der Waals surface area contributed by atoms with E-state index in [4.69, 9.17) is 22.1 Å². The predicted octanol–water partition coefficient (Wildman–Crippen LogP) is 2.12. The number of aliphatic imine (C=N–C) groups is 1. The van der Waals surface area contributed by atoms with Crippen molar-refractivity contribution in [3.8, 4) is 0 Å². The van der Waals surface area contributed by atoms with E-state index in [1.165, 1.54) is 18.4 Å². The molecular formula is C17H25ClN4O. The molecule has 0 spiro atoms. The standard InChI is InChI=1S/C17H25ClN4O/c1-21(15-6-7-15)17(19)20-12-16(22-8-10-23-11-9-22)13-2-4-14(18)5-3-13/h2-5,15-16H,6-12H2,1H3,(H2,19,20)/t16-/m1/s1. The second-order valence-corrected chi connectivity index (χ2v) is 6.69. The van der Waals surface area contributed by atoms with Crippen LogP contribution in [-0.4, -0.2) is 61.7 Å². The van der Waals surface area contributed by atoms with Gasteiger partial charge in [0.25, 0.3) is 0 Å². The fourth-order valence-corrected chi connectivity index (χ4v) is 3.07. The number of ether oxygens (including phenoxy) is 1. The Morgan fingerprint density at radius 2 is 2.00 bits per heavy atom. The van der Waals surface area contributed by atoms with Crippen LogP contribution in [0, 0.1) is 0 Å². The highest BCUT2D eigenvalue weighted by atomic mass is 35.5. The quantitative estimate of drug-likeness (QED) is 0.661. The topological polar surface area (TPSA) is 54.1 Å². The third-order valence-electron chi connectivity index (χ3n) is 4.62. The molecule has 0 radical (unpaired) electrons. The number of nitrogens with two attached hydrogens (primary N) is 1. The van der Waals surface area contributed by atoms with Crippen LogP contribution in [-0.2, 0) is 4.74 Å². The van der Waals surface area contributed by atoms with Crippen LogP contribution in [0.15, 0.2) is 29.3 Å². The minimum absolute atomic E-state index is 0.210. The molecule has 1 heterocycles. The van der Waals surface area contributed by atoms with Crippen molar-refractivity contribution in [3.05, 3.63) is 34.9 Å². The van der Waals surface area contributed by atoms with Crippen molar-refractivity contribution in [2.45, 2.75) is 24.9 Å². The molecule has 2 N–H and O–H groups in total. The maximum atomic E-state index is 6.15. The number of nitrogens with zero attached hydrogens (tertiary/aromatic N) is 3. The van der Waals surface area contributed by atoms with Gasteiger partial charge < -0.3 is 15.4 Å². The fraction of sp³-hybridized carbons (Fsp3) is 0.588. The van der Waals surface area contributed by atoms with Gasteiger partial charge in [-0.15, -0.1) is 0 Å². The van der Waals surface area contributed by atoms with Gasteiger partial charge >= 0.3 is 0 Å². The third kappa shape index (κ3) is 4.37. The predicted molar refractivity (Wildman–Crippen MR) is 93.9 cm³/mol. The van der Waals surface area contributed by atoms with Crippen LogP contribution in [0.4, 0.5) is 0 Å². The molecule has 5 nitrogen and oxygen atoms in total. The van der Waals surface area contributed by atoms with Crippen LogP contribution >= 0.6 is 11.6 Å². The Hall–Kier alpha value is -1.30. The summed E-state index contributed by atoms with van der Waals surface area (Å²) in [6, 6.07) is 8.83. The molecule has 2 fully saturated rings. The maximum absolute atomic E-state index is 6.15. The van der Waals surface area contributed by atoms with E-state index in [1.807, 2.05) is 19.2 Å². The van der Waals surface area contributed by atoms with Gasteiger partial charge in [0.15, 0.2) is 5.96 Å². The van der Waals surface area contributed by atoms with Crippen LogP contribution in [0.3, 0.4) is 0 Å². The molecule has 1 aliphatic carbocycles. The van der Waals surface area contributed by atoms with Gasteiger partial charge in [0.2, 0.25) is 0 Å². The number of hydrogen-bond donors (Lipinski definition) is 1. The van der Waals surface area contributed by atoms with E-state index in [2.05, 4.69) is 26.9 Å². The summed E-state index contributed by atoms with van der Waals surface area (Å²) in [7, 11) is 2.03. The minimum atomic E-state index is 0.210. The summed E-state index contributed by atoms with van der Waals surface area (Å²) < 4.78 is 5.48. The molecule has 0 bridgehead atoms. The van der Waals surface area contributed by atoms with Crippen molar-refractivity contribution in [2.24, 2.45) is 10.7 Å². The zero-order valence-corrected chi connectivity index (χ0v) is 14.4. The lowest BCUT2D eigenvalue weighted by Crippen LogP contribution is -2.41. The van der Waals surface area contributed by atoms with Gasteiger partial charge in [-0.3, -0.25) is 9.89 Å². The lowest BCUT2D eigenvalue weighted by atomic mass is 10.0. The second-order valence-electron chi connectivity index (χ2n) is 6.26. The molecule has 1 atom stereocenters. The van der Waals surface area contributed by atoms with E-state index < -0.39 is 0 Å². The van der Waals surface area contributed by atoms with Crippen molar-refractivity contribution in [2.75, 3.05) is 39.9 Å². The summed E-state index contributed by atoms with van der Waals surface area (Å²) in [6.07, 6.45) is 2.44. The van der Waals surface area contributed by atoms with E-state index in [-0.39, 0.29) is 6.04 Å². The van der Waals surface area contributed by atoms with Crippen LogP contribution in [0.25, 0.3) is 0 Å². The number of morpholine rings is 1.